The van der Waals surface area contributed by atoms with Crippen LogP contribution in [0.3, 0.4) is 0 Å². The minimum atomic E-state index is 0.214. The van der Waals surface area contributed by atoms with Crippen LogP contribution in [-0.2, 0) is 6.42 Å². The Morgan fingerprint density at radius 1 is 1.50 bits per heavy atom. The van der Waals surface area contributed by atoms with E-state index in [1.165, 1.54) is 0 Å². The van der Waals surface area contributed by atoms with Gasteiger partial charge in [0.25, 0.3) is 0 Å². The number of hydrogen-bond acceptors (Lipinski definition) is 2. The Labute approximate surface area is 108 Å². The molecule has 0 N–H and O–H groups in total. The van der Waals surface area contributed by atoms with Crippen molar-refractivity contribution in [1.29, 1.82) is 0 Å². The van der Waals surface area contributed by atoms with E-state index >= 15 is 0 Å². The van der Waals surface area contributed by atoms with E-state index in [2.05, 4.69) is 20.9 Å². The molecular weight excluding hydrogens is 289 g/mol. The molecule has 0 aliphatic heterocycles. The van der Waals surface area contributed by atoms with Gasteiger partial charge in [-0.05, 0) is 31.0 Å². The summed E-state index contributed by atoms with van der Waals surface area (Å²) in [4.78, 5) is 4.18. The molecule has 0 fully saturated rings. The number of halogens is 2. The SMILES string of the molecule is Cc1occc1C(Br)Cc1ccncc1Cl. The second-order valence-electron chi connectivity index (χ2n) is 3.57. The van der Waals surface area contributed by atoms with Crippen molar-refractivity contribution < 1.29 is 4.42 Å². The molecule has 0 saturated carbocycles. The molecule has 0 radical (unpaired) electrons. The molecule has 2 aromatic heterocycles. The zero-order valence-electron chi connectivity index (χ0n) is 8.78. The van der Waals surface area contributed by atoms with E-state index in [-0.39, 0.29) is 4.83 Å². The molecule has 0 spiro atoms. The van der Waals surface area contributed by atoms with Crippen LogP contribution in [0.1, 0.15) is 21.7 Å². The van der Waals surface area contributed by atoms with Gasteiger partial charge in [-0.3, -0.25) is 4.98 Å². The van der Waals surface area contributed by atoms with Crippen LogP contribution >= 0.6 is 27.5 Å². The molecule has 0 bridgehead atoms. The summed E-state index contributed by atoms with van der Waals surface area (Å²) in [6.07, 6.45) is 5.94. The van der Waals surface area contributed by atoms with Gasteiger partial charge in [0.2, 0.25) is 0 Å². The monoisotopic (exact) mass is 299 g/mol. The van der Waals surface area contributed by atoms with Crippen LogP contribution < -0.4 is 0 Å². The molecule has 2 nitrogen and oxygen atoms in total. The van der Waals surface area contributed by atoms with Crippen LogP contribution in [0.5, 0.6) is 0 Å². The number of nitrogens with zero attached hydrogens (tertiary/aromatic N) is 1. The Bertz CT molecular complexity index is 483. The molecule has 0 aliphatic carbocycles. The smallest absolute Gasteiger partial charge is 0.105 e. The third-order valence-electron chi connectivity index (χ3n) is 2.49. The molecule has 0 aromatic carbocycles. The van der Waals surface area contributed by atoms with Gasteiger partial charge in [-0.2, -0.15) is 0 Å². The summed E-state index contributed by atoms with van der Waals surface area (Å²) in [5.41, 5.74) is 2.24. The fraction of sp³-hybridized carbons (Fsp3) is 0.250. The number of hydrogen-bond donors (Lipinski definition) is 0. The van der Waals surface area contributed by atoms with Crippen molar-refractivity contribution in [3.8, 4) is 0 Å². The molecule has 0 saturated heterocycles. The predicted octanol–water partition coefficient (Wildman–Crippen LogP) is 4.32. The largest absolute Gasteiger partial charge is 0.469 e. The lowest BCUT2D eigenvalue weighted by atomic mass is 10.1. The number of furan rings is 1. The summed E-state index contributed by atoms with van der Waals surface area (Å²) in [5, 5.41) is 0.702. The normalized spacial score (nSPS) is 12.7. The van der Waals surface area contributed by atoms with Gasteiger partial charge in [0.05, 0.1) is 11.3 Å². The van der Waals surface area contributed by atoms with Gasteiger partial charge in [-0.1, -0.05) is 27.5 Å². The molecule has 1 atom stereocenters. The summed E-state index contributed by atoms with van der Waals surface area (Å²) in [5.74, 6) is 0.937. The van der Waals surface area contributed by atoms with Gasteiger partial charge >= 0.3 is 0 Å². The average molecular weight is 301 g/mol. The number of aryl methyl sites for hydroxylation is 1. The molecule has 84 valence electrons. The van der Waals surface area contributed by atoms with Crippen LogP contribution in [0.25, 0.3) is 0 Å². The van der Waals surface area contributed by atoms with Crippen molar-refractivity contribution in [1.82, 2.24) is 4.98 Å². The second-order valence-corrected chi connectivity index (χ2v) is 5.08. The van der Waals surface area contributed by atoms with E-state index in [1.54, 1.807) is 18.7 Å². The molecule has 1 unspecified atom stereocenters. The minimum absolute atomic E-state index is 0.214. The summed E-state index contributed by atoms with van der Waals surface area (Å²) in [6, 6.07) is 3.91. The fourth-order valence-corrected chi connectivity index (χ4v) is 2.61. The first-order valence-electron chi connectivity index (χ1n) is 4.95. The quantitative estimate of drug-likeness (QED) is 0.789. The van der Waals surface area contributed by atoms with E-state index < -0.39 is 0 Å². The Balaban J connectivity index is 2.17. The highest BCUT2D eigenvalue weighted by Crippen LogP contribution is 2.31. The molecule has 2 aromatic rings. The third kappa shape index (κ3) is 2.47. The highest BCUT2D eigenvalue weighted by atomic mass is 79.9. The Morgan fingerprint density at radius 3 is 2.94 bits per heavy atom. The average Bonchev–Trinajstić information content (AvgIpc) is 2.68. The Hall–Kier alpha value is -0.800. The van der Waals surface area contributed by atoms with Crippen molar-refractivity contribution in [2.24, 2.45) is 0 Å². The second kappa shape index (κ2) is 5.02. The first-order valence-corrected chi connectivity index (χ1v) is 6.24. The number of pyridine rings is 1. The lowest BCUT2D eigenvalue weighted by Gasteiger charge is -2.09. The van der Waals surface area contributed by atoms with Crippen molar-refractivity contribution >= 4 is 27.5 Å². The maximum absolute atomic E-state index is 6.06. The topological polar surface area (TPSA) is 26.0 Å². The molecular formula is C12H11BrClNO. The van der Waals surface area contributed by atoms with Crippen LogP contribution in [0.4, 0.5) is 0 Å². The van der Waals surface area contributed by atoms with E-state index in [0.717, 1.165) is 23.3 Å². The summed E-state index contributed by atoms with van der Waals surface area (Å²) < 4.78 is 5.28. The zero-order chi connectivity index (χ0) is 11.5. The van der Waals surface area contributed by atoms with Gasteiger partial charge in [0, 0.05) is 22.8 Å². The summed E-state index contributed by atoms with van der Waals surface area (Å²) >= 11 is 9.71. The van der Waals surface area contributed by atoms with E-state index in [1.807, 2.05) is 19.1 Å². The summed E-state index contributed by atoms with van der Waals surface area (Å²) in [7, 11) is 0. The highest BCUT2D eigenvalue weighted by Gasteiger charge is 2.14. The van der Waals surface area contributed by atoms with Crippen LogP contribution in [0.2, 0.25) is 5.02 Å². The molecule has 4 heteroatoms. The van der Waals surface area contributed by atoms with Gasteiger partial charge in [-0.25, -0.2) is 0 Å². The van der Waals surface area contributed by atoms with Gasteiger partial charge in [-0.15, -0.1) is 0 Å². The van der Waals surface area contributed by atoms with Crippen molar-refractivity contribution in [2.75, 3.05) is 0 Å². The Morgan fingerprint density at radius 2 is 2.31 bits per heavy atom. The van der Waals surface area contributed by atoms with E-state index in [4.69, 9.17) is 16.0 Å². The lowest BCUT2D eigenvalue weighted by molar-refractivity contribution is 0.529. The molecule has 0 amide bonds. The maximum Gasteiger partial charge on any atom is 0.105 e. The van der Waals surface area contributed by atoms with Crippen molar-refractivity contribution in [2.45, 2.75) is 18.2 Å². The minimum Gasteiger partial charge on any atom is -0.469 e. The van der Waals surface area contributed by atoms with Crippen molar-refractivity contribution in [3.63, 3.8) is 0 Å². The van der Waals surface area contributed by atoms with Gasteiger partial charge in [0.15, 0.2) is 0 Å². The molecule has 2 rings (SSSR count). The standard InChI is InChI=1S/C12H11BrClNO/c1-8-10(3-5-16-8)11(13)6-9-2-4-15-7-12(9)14/h2-5,7,11H,6H2,1H3. The number of alkyl halides is 1. The predicted molar refractivity (Wildman–Crippen MR) is 68.1 cm³/mol. The lowest BCUT2D eigenvalue weighted by Crippen LogP contribution is -1.96. The first-order chi connectivity index (χ1) is 7.68. The van der Waals surface area contributed by atoms with E-state index in [0.29, 0.717) is 5.02 Å². The van der Waals surface area contributed by atoms with Crippen LogP contribution in [0.15, 0.2) is 35.2 Å². The first kappa shape index (κ1) is 11.7. The zero-order valence-corrected chi connectivity index (χ0v) is 11.1. The van der Waals surface area contributed by atoms with E-state index in [9.17, 15) is 0 Å². The molecule has 0 aliphatic rings. The van der Waals surface area contributed by atoms with Crippen LogP contribution in [-0.4, -0.2) is 4.98 Å². The van der Waals surface area contributed by atoms with Crippen molar-refractivity contribution in [3.05, 3.63) is 52.7 Å². The Kier molecular flexibility index (Phi) is 3.66. The fourth-order valence-electron chi connectivity index (χ4n) is 1.59. The number of rotatable bonds is 3. The number of aromatic nitrogens is 1. The summed E-state index contributed by atoms with van der Waals surface area (Å²) in [6.45, 7) is 1.96. The molecule has 16 heavy (non-hydrogen) atoms. The highest BCUT2D eigenvalue weighted by molar-refractivity contribution is 9.09. The maximum atomic E-state index is 6.06. The molecule has 2 heterocycles. The van der Waals surface area contributed by atoms with Crippen LogP contribution in [0, 0.1) is 6.92 Å². The van der Waals surface area contributed by atoms with Gasteiger partial charge < -0.3 is 4.42 Å². The van der Waals surface area contributed by atoms with Gasteiger partial charge in [0.1, 0.15) is 5.76 Å². The third-order valence-corrected chi connectivity index (χ3v) is 3.65.